The molecule has 0 spiro atoms. The quantitative estimate of drug-likeness (QED) is 0.731. The van der Waals surface area contributed by atoms with Gasteiger partial charge in [0, 0.05) is 12.5 Å². The number of phenols is 1. The molecule has 1 unspecified atom stereocenters. The van der Waals surface area contributed by atoms with Crippen molar-refractivity contribution < 1.29 is 19.4 Å². The Morgan fingerprint density at radius 1 is 1.60 bits per heavy atom. The van der Waals surface area contributed by atoms with E-state index in [2.05, 4.69) is 0 Å². The number of rotatable bonds is 3. The molecule has 0 aliphatic carbocycles. The van der Waals surface area contributed by atoms with Crippen molar-refractivity contribution in [3.8, 4) is 5.75 Å². The third kappa shape index (κ3) is 2.81. The van der Waals surface area contributed by atoms with Crippen LogP contribution in [0.5, 0.6) is 5.75 Å². The minimum Gasteiger partial charge on any atom is -0.508 e. The van der Waals surface area contributed by atoms with Crippen LogP contribution in [0.15, 0.2) is 12.1 Å². The van der Waals surface area contributed by atoms with Gasteiger partial charge in [-0.05, 0) is 11.6 Å². The Bertz CT molecular complexity index is 397. The lowest BCUT2D eigenvalue weighted by Gasteiger charge is -2.09. The molecule has 1 aromatic carbocycles. The number of aromatic hydroxyl groups is 1. The molecule has 0 aromatic heterocycles. The van der Waals surface area contributed by atoms with E-state index in [9.17, 15) is 14.3 Å². The first-order chi connectivity index (χ1) is 6.91. The van der Waals surface area contributed by atoms with E-state index < -0.39 is 17.8 Å². The highest BCUT2D eigenvalue weighted by Crippen LogP contribution is 2.25. The van der Waals surface area contributed by atoms with Crippen LogP contribution in [0.1, 0.15) is 5.56 Å². The van der Waals surface area contributed by atoms with Crippen molar-refractivity contribution in [1.82, 2.24) is 0 Å². The molecule has 1 atom stereocenters. The van der Waals surface area contributed by atoms with Gasteiger partial charge in [-0.25, -0.2) is 4.39 Å². The number of carbonyl (C=O) groups is 1. The van der Waals surface area contributed by atoms with Gasteiger partial charge in [-0.2, -0.15) is 0 Å². The average molecular weight is 234 g/mol. The lowest BCUT2D eigenvalue weighted by Crippen LogP contribution is -2.32. The molecule has 0 saturated carbocycles. The Kier molecular flexibility index (Phi) is 3.49. The molecule has 15 heavy (non-hydrogen) atoms. The zero-order valence-corrected chi connectivity index (χ0v) is 8.33. The first kappa shape index (κ1) is 11.7. The molecule has 1 rings (SSSR count). The summed E-state index contributed by atoms with van der Waals surface area (Å²) in [6, 6.07) is 0.832. The van der Waals surface area contributed by atoms with Gasteiger partial charge in [-0.3, -0.25) is 4.79 Å². The van der Waals surface area contributed by atoms with Crippen LogP contribution >= 0.6 is 11.6 Å². The average Bonchev–Trinajstić information content (AvgIpc) is 2.13. The lowest BCUT2D eigenvalue weighted by atomic mass is 10.1. The second kappa shape index (κ2) is 4.46. The number of aliphatic carboxylic acids is 1. The monoisotopic (exact) mass is 233 g/mol. The van der Waals surface area contributed by atoms with Crippen molar-refractivity contribution in [3.05, 3.63) is 28.5 Å². The Labute approximate surface area is 90.1 Å². The number of benzene rings is 1. The summed E-state index contributed by atoms with van der Waals surface area (Å²) in [6.07, 6.45) is -0.110. The van der Waals surface area contributed by atoms with Crippen molar-refractivity contribution >= 4 is 17.6 Å². The van der Waals surface area contributed by atoms with E-state index in [0.29, 0.717) is 0 Å². The van der Waals surface area contributed by atoms with Crippen molar-refractivity contribution in [1.29, 1.82) is 0 Å². The highest BCUT2D eigenvalue weighted by atomic mass is 35.5. The van der Waals surface area contributed by atoms with Gasteiger partial charge >= 0.3 is 5.97 Å². The number of halogens is 2. The number of carboxylic acid groups (broad SMARTS) is 1. The lowest BCUT2D eigenvalue weighted by molar-refractivity contribution is -0.138. The largest absolute Gasteiger partial charge is 0.508 e. The van der Waals surface area contributed by atoms with Gasteiger partial charge in [-0.15, -0.1) is 0 Å². The van der Waals surface area contributed by atoms with E-state index in [4.69, 9.17) is 22.4 Å². The third-order valence-electron chi connectivity index (χ3n) is 1.88. The molecule has 0 fully saturated rings. The molecule has 0 heterocycles. The summed E-state index contributed by atoms with van der Waals surface area (Å²) in [7, 11) is 0. The second-order valence-electron chi connectivity index (χ2n) is 3.04. The van der Waals surface area contributed by atoms with Crippen LogP contribution in [0, 0.1) is 5.82 Å². The maximum Gasteiger partial charge on any atom is 0.320 e. The van der Waals surface area contributed by atoms with Gasteiger partial charge in [0.1, 0.15) is 17.6 Å². The van der Waals surface area contributed by atoms with Gasteiger partial charge in [0.15, 0.2) is 0 Å². The Hall–Kier alpha value is -1.33. The molecular weight excluding hydrogens is 225 g/mol. The molecule has 0 aliphatic rings. The summed E-state index contributed by atoms with van der Waals surface area (Å²) in [6.45, 7) is 0. The normalized spacial score (nSPS) is 12.5. The van der Waals surface area contributed by atoms with Crippen LogP contribution < -0.4 is 5.73 Å². The smallest absolute Gasteiger partial charge is 0.320 e. The van der Waals surface area contributed by atoms with E-state index in [1.807, 2.05) is 0 Å². The summed E-state index contributed by atoms with van der Waals surface area (Å²) in [5.41, 5.74) is 5.46. The topological polar surface area (TPSA) is 83.5 Å². The molecule has 82 valence electrons. The molecule has 4 N–H and O–H groups in total. The molecule has 0 amide bonds. The summed E-state index contributed by atoms with van der Waals surface area (Å²) >= 11 is 5.47. The highest BCUT2D eigenvalue weighted by Gasteiger charge is 2.16. The maximum absolute atomic E-state index is 12.8. The zero-order chi connectivity index (χ0) is 11.6. The highest BCUT2D eigenvalue weighted by molar-refractivity contribution is 6.30. The molecular formula is C9H9ClFNO3. The van der Waals surface area contributed by atoms with Crippen LogP contribution in [-0.4, -0.2) is 22.2 Å². The van der Waals surface area contributed by atoms with Gasteiger partial charge < -0.3 is 15.9 Å². The number of hydrogen-bond donors (Lipinski definition) is 3. The van der Waals surface area contributed by atoms with E-state index in [-0.39, 0.29) is 22.8 Å². The van der Waals surface area contributed by atoms with Gasteiger partial charge in [0.2, 0.25) is 0 Å². The molecule has 4 nitrogen and oxygen atoms in total. The SMILES string of the molecule is NC(Cc1cc(Cl)c(F)cc1O)C(=O)O. The Balaban J connectivity index is 2.95. The maximum atomic E-state index is 12.8. The summed E-state index contributed by atoms with van der Waals surface area (Å²) in [4.78, 5) is 10.5. The van der Waals surface area contributed by atoms with Crippen molar-refractivity contribution in [2.45, 2.75) is 12.5 Å². The molecule has 1 aromatic rings. The van der Waals surface area contributed by atoms with Gasteiger partial charge in [0.25, 0.3) is 0 Å². The van der Waals surface area contributed by atoms with Crippen LogP contribution in [0.2, 0.25) is 5.02 Å². The van der Waals surface area contributed by atoms with Crippen LogP contribution in [0.25, 0.3) is 0 Å². The molecule has 6 heteroatoms. The first-order valence-electron chi connectivity index (χ1n) is 4.07. The predicted octanol–water partition coefficient (Wildman–Crippen LogP) is 1.14. The molecule has 0 bridgehead atoms. The molecule has 0 aliphatic heterocycles. The predicted molar refractivity (Wildman–Crippen MR) is 52.4 cm³/mol. The minimum atomic E-state index is -1.20. The Morgan fingerprint density at radius 2 is 2.20 bits per heavy atom. The summed E-state index contributed by atoms with van der Waals surface area (Å²) in [5.74, 6) is -2.31. The Morgan fingerprint density at radius 3 is 2.73 bits per heavy atom. The number of phenolic OH excluding ortho intramolecular Hbond substituents is 1. The van der Waals surface area contributed by atoms with Crippen molar-refractivity contribution in [2.75, 3.05) is 0 Å². The van der Waals surface area contributed by atoms with Crippen LogP contribution in [0.3, 0.4) is 0 Å². The van der Waals surface area contributed by atoms with Gasteiger partial charge in [-0.1, -0.05) is 11.6 Å². The first-order valence-corrected chi connectivity index (χ1v) is 4.45. The van der Waals surface area contributed by atoms with E-state index in [1.165, 1.54) is 0 Å². The fraction of sp³-hybridized carbons (Fsp3) is 0.222. The number of nitrogens with two attached hydrogens (primary N) is 1. The number of carboxylic acids is 1. The third-order valence-corrected chi connectivity index (χ3v) is 2.17. The molecule has 0 radical (unpaired) electrons. The van der Waals surface area contributed by atoms with E-state index in [0.717, 1.165) is 12.1 Å². The van der Waals surface area contributed by atoms with Crippen molar-refractivity contribution in [2.24, 2.45) is 5.73 Å². The standard InChI is InChI=1S/C9H9ClFNO3/c10-5-1-4(2-7(12)9(14)15)8(13)3-6(5)11/h1,3,7,13H,2,12H2,(H,14,15). The van der Waals surface area contributed by atoms with Crippen LogP contribution in [0.4, 0.5) is 4.39 Å². The van der Waals surface area contributed by atoms with Gasteiger partial charge in [0.05, 0.1) is 5.02 Å². The fourth-order valence-electron chi connectivity index (χ4n) is 1.07. The van der Waals surface area contributed by atoms with Crippen LogP contribution in [-0.2, 0) is 11.2 Å². The summed E-state index contributed by atoms with van der Waals surface area (Å²) in [5, 5.41) is 17.7. The van der Waals surface area contributed by atoms with E-state index >= 15 is 0 Å². The zero-order valence-electron chi connectivity index (χ0n) is 7.58. The van der Waals surface area contributed by atoms with Crippen molar-refractivity contribution in [3.63, 3.8) is 0 Å². The minimum absolute atomic E-state index is 0.110. The molecule has 0 saturated heterocycles. The summed E-state index contributed by atoms with van der Waals surface area (Å²) < 4.78 is 12.8. The fourth-order valence-corrected chi connectivity index (χ4v) is 1.25. The second-order valence-corrected chi connectivity index (χ2v) is 3.45. The number of hydrogen-bond acceptors (Lipinski definition) is 3. The van der Waals surface area contributed by atoms with E-state index in [1.54, 1.807) is 0 Å².